The van der Waals surface area contributed by atoms with E-state index >= 15 is 0 Å². The predicted octanol–water partition coefficient (Wildman–Crippen LogP) is 2.18. The van der Waals surface area contributed by atoms with Gasteiger partial charge in [-0.1, -0.05) is 48.5 Å². The monoisotopic (exact) mass is 208 g/mol. The third kappa shape index (κ3) is 3.21. The molecule has 0 saturated carbocycles. The fourth-order valence-corrected chi connectivity index (χ4v) is 1.40. The molecule has 2 aromatic carbocycles. The minimum atomic E-state index is 1.10. The van der Waals surface area contributed by atoms with E-state index in [9.17, 15) is 0 Å². The van der Waals surface area contributed by atoms with Crippen molar-refractivity contribution in [2.45, 2.75) is 0 Å². The maximum absolute atomic E-state index is 3.20. The Morgan fingerprint density at radius 2 is 1.38 bits per heavy atom. The van der Waals surface area contributed by atoms with E-state index in [0.29, 0.717) is 0 Å². The van der Waals surface area contributed by atoms with Gasteiger partial charge in [-0.25, -0.2) is 4.99 Å². The molecule has 0 atom stereocenters. The molecule has 0 aliphatic carbocycles. The third-order valence-electron chi connectivity index (χ3n) is 2.21. The van der Waals surface area contributed by atoms with E-state index in [1.165, 1.54) is 5.56 Å². The summed E-state index contributed by atoms with van der Waals surface area (Å²) in [7, 11) is 0. The second-order valence-electron chi connectivity index (χ2n) is 3.45. The first kappa shape index (κ1) is 10.4. The summed E-state index contributed by atoms with van der Waals surface area (Å²) in [5.74, 6) is 0. The van der Waals surface area contributed by atoms with E-state index in [4.69, 9.17) is 0 Å². The number of para-hydroxylation sites is 1. The molecule has 2 aromatic rings. The largest absolute Gasteiger partial charge is 0.212 e. The van der Waals surface area contributed by atoms with Crippen LogP contribution in [0.3, 0.4) is 0 Å². The Balaban J connectivity index is 1.98. The molecule has 0 heterocycles. The fraction of sp³-hybridized carbons (Fsp3) is 0. The standard InChI is InChI=1S/C15H13N/c1-3-8-14(9-4-1)10-7-13-16-15-11-5-2-6-12-15/h1-13H/p+1/b10-7+,16-13?. The molecule has 0 unspecified atom stereocenters. The summed E-state index contributed by atoms with van der Waals surface area (Å²) in [5, 5.41) is 0. The van der Waals surface area contributed by atoms with E-state index in [-0.39, 0.29) is 0 Å². The third-order valence-corrected chi connectivity index (χ3v) is 2.21. The van der Waals surface area contributed by atoms with Crippen molar-refractivity contribution >= 4 is 18.0 Å². The molecule has 0 fully saturated rings. The molecule has 1 nitrogen and oxygen atoms in total. The van der Waals surface area contributed by atoms with Crippen molar-refractivity contribution in [2.75, 3.05) is 0 Å². The lowest BCUT2D eigenvalue weighted by molar-refractivity contribution is -0.346. The topological polar surface area (TPSA) is 14.0 Å². The van der Waals surface area contributed by atoms with Gasteiger partial charge in [-0.2, -0.15) is 0 Å². The van der Waals surface area contributed by atoms with Gasteiger partial charge in [0.15, 0.2) is 6.21 Å². The van der Waals surface area contributed by atoms with Crippen molar-refractivity contribution in [3.05, 3.63) is 72.3 Å². The zero-order valence-electron chi connectivity index (χ0n) is 9.01. The van der Waals surface area contributed by atoms with Crippen molar-refractivity contribution in [3.63, 3.8) is 0 Å². The molecule has 0 radical (unpaired) electrons. The molecular formula is C15H14N+. The van der Waals surface area contributed by atoms with Crippen molar-refractivity contribution in [1.82, 2.24) is 0 Å². The molecule has 0 aliphatic heterocycles. The van der Waals surface area contributed by atoms with Crippen molar-refractivity contribution in [2.24, 2.45) is 0 Å². The molecule has 2 rings (SSSR count). The molecular weight excluding hydrogens is 194 g/mol. The summed E-state index contributed by atoms with van der Waals surface area (Å²) in [6.07, 6.45) is 6.00. The van der Waals surface area contributed by atoms with Gasteiger partial charge in [0.2, 0.25) is 5.69 Å². The minimum absolute atomic E-state index is 1.10. The minimum Gasteiger partial charge on any atom is -0.212 e. The van der Waals surface area contributed by atoms with Gasteiger partial charge in [0, 0.05) is 18.2 Å². The quantitative estimate of drug-likeness (QED) is 0.743. The lowest BCUT2D eigenvalue weighted by Crippen LogP contribution is -2.60. The van der Waals surface area contributed by atoms with Gasteiger partial charge >= 0.3 is 0 Å². The Bertz CT molecular complexity index is 422. The molecule has 1 N–H and O–H groups in total. The van der Waals surface area contributed by atoms with Gasteiger partial charge in [-0.3, -0.25) is 0 Å². The Labute approximate surface area is 95.8 Å². The average molecular weight is 208 g/mol. The number of hydrogen-bond acceptors (Lipinski definition) is 0. The van der Waals surface area contributed by atoms with Gasteiger partial charge in [0.05, 0.1) is 0 Å². The number of hydrogen-bond donors (Lipinski definition) is 1. The lowest BCUT2D eigenvalue weighted by atomic mass is 10.2. The predicted molar refractivity (Wildman–Crippen MR) is 68.6 cm³/mol. The first-order chi connectivity index (χ1) is 7.95. The van der Waals surface area contributed by atoms with Gasteiger partial charge in [0.1, 0.15) is 0 Å². The number of allylic oxidation sites excluding steroid dienone is 1. The van der Waals surface area contributed by atoms with E-state index < -0.39 is 0 Å². The molecule has 0 spiro atoms. The average Bonchev–Trinajstić information content (AvgIpc) is 2.37. The molecule has 16 heavy (non-hydrogen) atoms. The van der Waals surface area contributed by atoms with Gasteiger partial charge < -0.3 is 0 Å². The van der Waals surface area contributed by atoms with Gasteiger partial charge in [-0.05, 0) is 11.6 Å². The summed E-state index contributed by atoms with van der Waals surface area (Å²) in [5.41, 5.74) is 2.30. The molecule has 0 aromatic heterocycles. The lowest BCUT2D eigenvalue weighted by Gasteiger charge is -1.87. The molecule has 78 valence electrons. The highest BCUT2D eigenvalue weighted by Crippen LogP contribution is 1.99. The number of nitrogens with one attached hydrogen (secondary N) is 1. The Morgan fingerprint density at radius 3 is 2.06 bits per heavy atom. The highest BCUT2D eigenvalue weighted by Gasteiger charge is 1.88. The second kappa shape index (κ2) is 5.66. The molecule has 0 bridgehead atoms. The summed E-state index contributed by atoms with van der Waals surface area (Å²) in [4.78, 5) is 3.20. The first-order valence-corrected chi connectivity index (χ1v) is 5.32. The summed E-state index contributed by atoms with van der Waals surface area (Å²) >= 11 is 0. The zero-order valence-corrected chi connectivity index (χ0v) is 9.01. The van der Waals surface area contributed by atoms with Crippen LogP contribution in [0.15, 0.2) is 66.7 Å². The summed E-state index contributed by atoms with van der Waals surface area (Å²) in [6.45, 7) is 0. The van der Waals surface area contributed by atoms with Crippen LogP contribution < -0.4 is 4.99 Å². The van der Waals surface area contributed by atoms with Crippen molar-refractivity contribution < 1.29 is 4.99 Å². The van der Waals surface area contributed by atoms with Crippen LogP contribution in [0.1, 0.15) is 5.56 Å². The van der Waals surface area contributed by atoms with Crippen LogP contribution in [-0.4, -0.2) is 6.21 Å². The highest BCUT2D eigenvalue weighted by atomic mass is 14.7. The van der Waals surface area contributed by atoms with Crippen molar-refractivity contribution in [1.29, 1.82) is 0 Å². The smallest absolute Gasteiger partial charge is 0.203 e. The van der Waals surface area contributed by atoms with Crippen LogP contribution in [0.5, 0.6) is 0 Å². The zero-order chi connectivity index (χ0) is 11.1. The maximum Gasteiger partial charge on any atom is 0.203 e. The normalized spacial score (nSPS) is 11.2. The van der Waals surface area contributed by atoms with Crippen LogP contribution in [0, 0.1) is 0 Å². The number of rotatable bonds is 3. The van der Waals surface area contributed by atoms with Gasteiger partial charge in [0.25, 0.3) is 0 Å². The van der Waals surface area contributed by atoms with Crippen LogP contribution in [0.2, 0.25) is 0 Å². The second-order valence-corrected chi connectivity index (χ2v) is 3.45. The van der Waals surface area contributed by atoms with E-state index in [2.05, 4.69) is 23.2 Å². The summed E-state index contributed by atoms with van der Waals surface area (Å²) in [6, 6.07) is 20.3. The molecule has 1 heteroatoms. The first-order valence-electron chi connectivity index (χ1n) is 5.32. The van der Waals surface area contributed by atoms with Crippen LogP contribution >= 0.6 is 0 Å². The molecule has 0 amide bonds. The fourth-order valence-electron chi connectivity index (χ4n) is 1.40. The Hall–Kier alpha value is -2.15. The Kier molecular flexibility index (Phi) is 3.67. The van der Waals surface area contributed by atoms with E-state index in [1.54, 1.807) is 0 Å². The van der Waals surface area contributed by atoms with Crippen molar-refractivity contribution in [3.8, 4) is 0 Å². The van der Waals surface area contributed by atoms with Crippen LogP contribution in [-0.2, 0) is 0 Å². The Morgan fingerprint density at radius 1 is 0.750 bits per heavy atom. The molecule has 0 aliphatic rings. The molecule has 0 saturated heterocycles. The van der Waals surface area contributed by atoms with E-state index in [1.807, 2.05) is 60.8 Å². The summed E-state index contributed by atoms with van der Waals surface area (Å²) < 4.78 is 0. The van der Waals surface area contributed by atoms with Gasteiger partial charge in [-0.15, -0.1) is 0 Å². The SMILES string of the molecule is C(/C=C/c1ccccc1)=[NH+]c1ccccc1. The van der Waals surface area contributed by atoms with E-state index in [0.717, 1.165) is 5.69 Å². The highest BCUT2D eigenvalue weighted by molar-refractivity contribution is 5.74. The van der Waals surface area contributed by atoms with Crippen LogP contribution in [0.25, 0.3) is 6.08 Å². The maximum atomic E-state index is 3.20. The van der Waals surface area contributed by atoms with Crippen LogP contribution in [0.4, 0.5) is 5.69 Å². The number of benzene rings is 2.